The second-order valence-corrected chi connectivity index (χ2v) is 4.50. The van der Waals surface area contributed by atoms with E-state index in [2.05, 4.69) is 24.1 Å². The van der Waals surface area contributed by atoms with Crippen molar-refractivity contribution >= 4 is 5.91 Å². The Kier molecular flexibility index (Phi) is 6.14. The van der Waals surface area contributed by atoms with Gasteiger partial charge in [0.1, 0.15) is 5.56 Å². The van der Waals surface area contributed by atoms with Crippen LogP contribution in [-0.4, -0.2) is 30.6 Å². The van der Waals surface area contributed by atoms with Crippen LogP contribution in [0.15, 0.2) is 23.3 Å². The first-order chi connectivity index (χ1) is 8.61. The van der Waals surface area contributed by atoms with Crippen molar-refractivity contribution in [3.05, 3.63) is 34.2 Å². The monoisotopic (exact) mass is 252 g/mol. The lowest BCUT2D eigenvalue weighted by atomic mass is 10.2. The minimum absolute atomic E-state index is 0.139. The zero-order valence-corrected chi connectivity index (χ0v) is 10.9. The molecule has 0 radical (unpaired) electrons. The van der Waals surface area contributed by atoms with Crippen LogP contribution in [0.5, 0.6) is 0 Å². The number of carbonyl (C=O) groups excluding carboxylic acids is 1. The molecule has 0 atom stereocenters. The van der Waals surface area contributed by atoms with Gasteiger partial charge in [0, 0.05) is 38.2 Å². The number of pyridine rings is 1. The van der Waals surface area contributed by atoms with Crippen LogP contribution in [0.1, 0.15) is 30.6 Å². The third-order valence-corrected chi connectivity index (χ3v) is 2.27. The summed E-state index contributed by atoms with van der Waals surface area (Å²) in [6.07, 6.45) is 3.65. The van der Waals surface area contributed by atoms with Gasteiger partial charge >= 0.3 is 0 Å². The van der Waals surface area contributed by atoms with Crippen LogP contribution in [0.4, 0.5) is 0 Å². The number of carbonyl (C=O) groups is 1. The maximum Gasteiger partial charge on any atom is 0.256 e. The lowest BCUT2D eigenvalue weighted by Crippen LogP contribution is -2.29. The average molecular weight is 252 g/mol. The fourth-order valence-corrected chi connectivity index (χ4v) is 1.38. The van der Waals surface area contributed by atoms with Gasteiger partial charge in [-0.05, 0) is 12.3 Å². The molecule has 18 heavy (non-hydrogen) atoms. The number of rotatable bonds is 7. The summed E-state index contributed by atoms with van der Waals surface area (Å²) in [4.78, 5) is 25.7. The van der Waals surface area contributed by atoms with Gasteiger partial charge in [-0.25, -0.2) is 0 Å². The molecule has 5 heteroatoms. The summed E-state index contributed by atoms with van der Waals surface area (Å²) in [7, 11) is 0. The zero-order chi connectivity index (χ0) is 13.4. The first-order valence-electron chi connectivity index (χ1n) is 6.14. The number of aromatic nitrogens is 1. The summed E-state index contributed by atoms with van der Waals surface area (Å²) in [5.74, 6) is 0.170. The molecule has 0 fully saturated rings. The van der Waals surface area contributed by atoms with Gasteiger partial charge in [0.2, 0.25) is 0 Å². The molecule has 0 saturated heterocycles. The quantitative estimate of drug-likeness (QED) is 0.715. The Balaban J connectivity index is 2.22. The fourth-order valence-electron chi connectivity index (χ4n) is 1.38. The van der Waals surface area contributed by atoms with Crippen LogP contribution in [-0.2, 0) is 4.74 Å². The van der Waals surface area contributed by atoms with Gasteiger partial charge in [-0.3, -0.25) is 9.59 Å². The van der Waals surface area contributed by atoms with Gasteiger partial charge in [-0.1, -0.05) is 13.8 Å². The van der Waals surface area contributed by atoms with Crippen LogP contribution in [0.2, 0.25) is 0 Å². The van der Waals surface area contributed by atoms with E-state index in [4.69, 9.17) is 4.74 Å². The summed E-state index contributed by atoms with van der Waals surface area (Å²) in [5.41, 5.74) is -0.136. The molecule has 0 saturated carbocycles. The largest absolute Gasteiger partial charge is 0.381 e. The Hall–Kier alpha value is -1.62. The van der Waals surface area contributed by atoms with Crippen LogP contribution in [0.25, 0.3) is 0 Å². The Morgan fingerprint density at radius 1 is 1.50 bits per heavy atom. The topological polar surface area (TPSA) is 71.2 Å². The van der Waals surface area contributed by atoms with Crippen LogP contribution in [0.3, 0.4) is 0 Å². The highest BCUT2D eigenvalue weighted by atomic mass is 16.5. The molecule has 1 rings (SSSR count). The molecule has 1 aromatic rings. The summed E-state index contributed by atoms with van der Waals surface area (Å²) in [6, 6.07) is 1.33. The molecule has 1 amide bonds. The van der Waals surface area contributed by atoms with Crippen molar-refractivity contribution in [1.82, 2.24) is 10.3 Å². The van der Waals surface area contributed by atoms with Crippen LogP contribution >= 0.6 is 0 Å². The van der Waals surface area contributed by atoms with Crippen molar-refractivity contribution < 1.29 is 9.53 Å². The van der Waals surface area contributed by atoms with Gasteiger partial charge in [-0.2, -0.15) is 0 Å². The van der Waals surface area contributed by atoms with Gasteiger partial charge in [0.15, 0.2) is 5.43 Å². The summed E-state index contributed by atoms with van der Waals surface area (Å²) in [6.45, 7) is 6.02. The van der Waals surface area contributed by atoms with E-state index < -0.39 is 0 Å². The third kappa shape index (κ3) is 5.14. The van der Waals surface area contributed by atoms with Crippen LogP contribution < -0.4 is 10.7 Å². The van der Waals surface area contributed by atoms with Crippen molar-refractivity contribution in [1.29, 1.82) is 0 Å². The minimum Gasteiger partial charge on any atom is -0.381 e. The van der Waals surface area contributed by atoms with Crippen molar-refractivity contribution in [3.8, 4) is 0 Å². The first-order valence-corrected chi connectivity index (χ1v) is 6.14. The highest BCUT2D eigenvalue weighted by Gasteiger charge is 2.07. The van der Waals surface area contributed by atoms with Crippen molar-refractivity contribution in [2.45, 2.75) is 20.3 Å². The lowest BCUT2D eigenvalue weighted by Gasteiger charge is -2.07. The van der Waals surface area contributed by atoms with Crippen molar-refractivity contribution in [2.75, 3.05) is 19.8 Å². The number of nitrogens with one attached hydrogen (secondary N) is 2. The molecule has 0 spiro atoms. The predicted octanol–water partition coefficient (Wildman–Crippen LogP) is 1.17. The average Bonchev–Trinajstić information content (AvgIpc) is 2.33. The standard InChI is InChI=1S/C13H20N2O3/c1-10(2)9-18-7-3-5-15-13(17)11-8-14-6-4-12(11)16/h4,6,8,10H,3,5,7,9H2,1-2H3,(H,14,16)(H,15,17). The molecule has 5 nitrogen and oxygen atoms in total. The number of aromatic amines is 1. The summed E-state index contributed by atoms with van der Waals surface area (Å²) >= 11 is 0. The zero-order valence-electron chi connectivity index (χ0n) is 10.9. The molecule has 2 N–H and O–H groups in total. The molecule has 0 aliphatic rings. The van der Waals surface area contributed by atoms with Gasteiger partial charge in [0.05, 0.1) is 0 Å². The second-order valence-electron chi connectivity index (χ2n) is 4.50. The molecule has 0 bridgehead atoms. The van der Waals surface area contributed by atoms with Gasteiger partial charge < -0.3 is 15.0 Å². The molecule has 0 aliphatic carbocycles. The number of H-pyrrole nitrogens is 1. The minimum atomic E-state index is -0.347. The summed E-state index contributed by atoms with van der Waals surface area (Å²) < 4.78 is 5.39. The van der Waals surface area contributed by atoms with Crippen molar-refractivity contribution in [3.63, 3.8) is 0 Å². The number of hydrogen-bond donors (Lipinski definition) is 2. The first kappa shape index (κ1) is 14.4. The SMILES string of the molecule is CC(C)COCCCNC(=O)c1c[nH]ccc1=O. The third-order valence-electron chi connectivity index (χ3n) is 2.27. The highest BCUT2D eigenvalue weighted by Crippen LogP contribution is 1.93. The van der Waals surface area contributed by atoms with Crippen molar-refractivity contribution in [2.24, 2.45) is 5.92 Å². The smallest absolute Gasteiger partial charge is 0.256 e. The lowest BCUT2D eigenvalue weighted by molar-refractivity contribution is 0.0923. The number of ether oxygens (including phenoxy) is 1. The molecular formula is C13H20N2O3. The van der Waals surface area contributed by atoms with Crippen LogP contribution in [0, 0.1) is 5.92 Å². The van der Waals surface area contributed by atoms with E-state index in [9.17, 15) is 9.59 Å². The molecule has 1 aromatic heterocycles. The Bertz CT molecular complexity index is 426. The van der Waals surface area contributed by atoms with E-state index in [0.717, 1.165) is 13.0 Å². The summed E-state index contributed by atoms with van der Waals surface area (Å²) in [5, 5.41) is 2.69. The molecule has 0 aliphatic heterocycles. The number of amides is 1. The molecule has 0 unspecified atom stereocenters. The van der Waals surface area contributed by atoms with Gasteiger partial charge in [-0.15, -0.1) is 0 Å². The molecule has 100 valence electrons. The number of hydrogen-bond acceptors (Lipinski definition) is 3. The highest BCUT2D eigenvalue weighted by molar-refractivity contribution is 5.93. The van der Waals surface area contributed by atoms with E-state index in [1.807, 2.05) is 0 Å². The molecule has 1 heterocycles. The van der Waals surface area contributed by atoms with E-state index in [1.54, 1.807) is 0 Å². The van der Waals surface area contributed by atoms with E-state index in [1.165, 1.54) is 18.5 Å². The Morgan fingerprint density at radius 3 is 2.94 bits per heavy atom. The normalized spacial score (nSPS) is 10.6. The molecular weight excluding hydrogens is 232 g/mol. The van der Waals surface area contributed by atoms with E-state index in [0.29, 0.717) is 19.1 Å². The Morgan fingerprint density at radius 2 is 2.28 bits per heavy atom. The maximum atomic E-state index is 11.6. The molecule has 0 aromatic carbocycles. The maximum absolute atomic E-state index is 11.6. The van der Waals surface area contributed by atoms with Gasteiger partial charge in [0.25, 0.3) is 5.91 Å². The Labute approximate surface area is 107 Å². The second kappa shape index (κ2) is 7.66. The van der Waals surface area contributed by atoms with E-state index in [-0.39, 0.29) is 16.9 Å². The van der Waals surface area contributed by atoms with E-state index >= 15 is 0 Å². The fraction of sp³-hybridized carbons (Fsp3) is 0.538. The predicted molar refractivity (Wildman–Crippen MR) is 69.7 cm³/mol.